The molecule has 0 aliphatic rings. The minimum Gasteiger partial charge on any atom is -0.497 e. The van der Waals surface area contributed by atoms with E-state index in [-0.39, 0.29) is 5.91 Å². The maximum absolute atomic E-state index is 12.0. The molecule has 1 aromatic carbocycles. The fourth-order valence-corrected chi connectivity index (χ4v) is 1.89. The SMILES string of the molecule is COc1ccc(OC)c(NC(=O)CCc2coc(C)n2)c1. The number of aryl methyl sites for hydroxylation is 2. The number of nitrogens with one attached hydrogen (secondary N) is 1. The van der Waals surface area contributed by atoms with E-state index in [0.29, 0.717) is 35.9 Å². The number of ether oxygens (including phenoxy) is 2. The monoisotopic (exact) mass is 290 g/mol. The van der Waals surface area contributed by atoms with E-state index in [1.54, 1.807) is 45.6 Å². The van der Waals surface area contributed by atoms with Crippen molar-refractivity contribution in [3.05, 3.63) is 36.0 Å². The summed E-state index contributed by atoms with van der Waals surface area (Å²) < 4.78 is 15.5. The number of carbonyl (C=O) groups excluding carboxylic acids is 1. The number of hydrogen-bond acceptors (Lipinski definition) is 5. The molecule has 0 fully saturated rings. The van der Waals surface area contributed by atoms with Gasteiger partial charge in [-0.05, 0) is 12.1 Å². The first-order valence-electron chi connectivity index (χ1n) is 6.55. The summed E-state index contributed by atoms with van der Waals surface area (Å²) in [6.45, 7) is 1.77. The molecule has 0 bridgehead atoms. The minimum absolute atomic E-state index is 0.123. The van der Waals surface area contributed by atoms with E-state index < -0.39 is 0 Å². The van der Waals surface area contributed by atoms with Crippen molar-refractivity contribution in [2.75, 3.05) is 19.5 Å². The third-order valence-corrected chi connectivity index (χ3v) is 2.96. The number of aromatic nitrogens is 1. The Bertz CT molecular complexity index is 622. The van der Waals surface area contributed by atoms with Gasteiger partial charge in [-0.25, -0.2) is 4.98 Å². The number of rotatable bonds is 6. The molecule has 21 heavy (non-hydrogen) atoms. The van der Waals surface area contributed by atoms with Gasteiger partial charge in [0.25, 0.3) is 0 Å². The van der Waals surface area contributed by atoms with Gasteiger partial charge in [0.1, 0.15) is 17.8 Å². The summed E-state index contributed by atoms with van der Waals surface area (Å²) in [5, 5.41) is 2.81. The van der Waals surface area contributed by atoms with Gasteiger partial charge in [0.2, 0.25) is 5.91 Å². The highest BCUT2D eigenvalue weighted by Gasteiger charge is 2.10. The third kappa shape index (κ3) is 3.98. The summed E-state index contributed by atoms with van der Waals surface area (Å²) in [5.41, 5.74) is 1.35. The third-order valence-electron chi connectivity index (χ3n) is 2.96. The molecule has 6 nitrogen and oxygen atoms in total. The summed E-state index contributed by atoms with van der Waals surface area (Å²) >= 11 is 0. The van der Waals surface area contributed by atoms with E-state index in [4.69, 9.17) is 13.9 Å². The number of methoxy groups -OCH3 is 2. The van der Waals surface area contributed by atoms with Gasteiger partial charge in [0, 0.05) is 25.8 Å². The molecule has 0 aliphatic heterocycles. The molecule has 1 N–H and O–H groups in total. The van der Waals surface area contributed by atoms with Crippen molar-refractivity contribution in [1.82, 2.24) is 4.98 Å². The van der Waals surface area contributed by atoms with Gasteiger partial charge < -0.3 is 19.2 Å². The van der Waals surface area contributed by atoms with E-state index in [1.165, 1.54) is 0 Å². The van der Waals surface area contributed by atoms with Crippen molar-refractivity contribution in [2.45, 2.75) is 19.8 Å². The summed E-state index contributed by atoms with van der Waals surface area (Å²) in [7, 11) is 3.12. The Labute approximate surface area is 123 Å². The number of carbonyl (C=O) groups is 1. The average Bonchev–Trinajstić information content (AvgIpc) is 2.90. The molecule has 0 unspecified atom stereocenters. The van der Waals surface area contributed by atoms with E-state index in [9.17, 15) is 4.79 Å². The van der Waals surface area contributed by atoms with Gasteiger partial charge in [0.05, 0.1) is 25.6 Å². The highest BCUT2D eigenvalue weighted by Crippen LogP contribution is 2.28. The number of nitrogens with zero attached hydrogens (tertiary/aromatic N) is 1. The number of benzene rings is 1. The molecule has 1 amide bonds. The number of hydrogen-bond donors (Lipinski definition) is 1. The van der Waals surface area contributed by atoms with Crippen molar-refractivity contribution < 1.29 is 18.7 Å². The second-order valence-electron chi connectivity index (χ2n) is 4.47. The summed E-state index contributed by atoms with van der Waals surface area (Å²) in [4.78, 5) is 16.2. The maximum Gasteiger partial charge on any atom is 0.224 e. The standard InChI is InChI=1S/C15H18N2O4/c1-10-16-11(9-21-10)4-7-15(18)17-13-8-12(19-2)5-6-14(13)20-3/h5-6,8-9H,4,7H2,1-3H3,(H,17,18). The van der Waals surface area contributed by atoms with Crippen molar-refractivity contribution in [3.8, 4) is 11.5 Å². The summed E-state index contributed by atoms with van der Waals surface area (Å²) in [6, 6.07) is 5.24. The molecule has 0 saturated heterocycles. The predicted molar refractivity (Wildman–Crippen MR) is 77.7 cm³/mol. The molecule has 6 heteroatoms. The van der Waals surface area contributed by atoms with Crippen LogP contribution < -0.4 is 14.8 Å². The highest BCUT2D eigenvalue weighted by molar-refractivity contribution is 5.92. The van der Waals surface area contributed by atoms with Gasteiger partial charge in [0.15, 0.2) is 5.89 Å². The zero-order valence-corrected chi connectivity index (χ0v) is 12.3. The van der Waals surface area contributed by atoms with Crippen LogP contribution in [0.15, 0.2) is 28.9 Å². The van der Waals surface area contributed by atoms with Crippen LogP contribution in [0.3, 0.4) is 0 Å². The molecule has 0 radical (unpaired) electrons. The molecular weight excluding hydrogens is 272 g/mol. The van der Waals surface area contributed by atoms with Crippen LogP contribution in [0.25, 0.3) is 0 Å². The van der Waals surface area contributed by atoms with Crippen LogP contribution >= 0.6 is 0 Å². The molecule has 0 atom stereocenters. The lowest BCUT2D eigenvalue weighted by atomic mass is 10.2. The van der Waals surface area contributed by atoms with Crippen LogP contribution in [-0.4, -0.2) is 25.1 Å². The Balaban J connectivity index is 1.98. The van der Waals surface area contributed by atoms with Crippen molar-refractivity contribution in [3.63, 3.8) is 0 Å². The molecule has 1 heterocycles. The Morgan fingerprint density at radius 2 is 2.14 bits per heavy atom. The molecule has 2 aromatic rings. The summed E-state index contributed by atoms with van der Waals surface area (Å²) in [6.07, 6.45) is 2.40. The van der Waals surface area contributed by atoms with Crippen LogP contribution in [-0.2, 0) is 11.2 Å². The van der Waals surface area contributed by atoms with Gasteiger partial charge >= 0.3 is 0 Å². The topological polar surface area (TPSA) is 73.6 Å². The Hall–Kier alpha value is -2.50. The van der Waals surface area contributed by atoms with Gasteiger partial charge in [-0.2, -0.15) is 0 Å². The van der Waals surface area contributed by atoms with E-state index >= 15 is 0 Å². The van der Waals surface area contributed by atoms with Crippen LogP contribution in [0.4, 0.5) is 5.69 Å². The van der Waals surface area contributed by atoms with Crippen LogP contribution in [0.2, 0.25) is 0 Å². The second kappa shape index (κ2) is 6.78. The zero-order valence-electron chi connectivity index (χ0n) is 12.3. The zero-order chi connectivity index (χ0) is 15.2. The van der Waals surface area contributed by atoms with Crippen LogP contribution in [0.5, 0.6) is 11.5 Å². The van der Waals surface area contributed by atoms with E-state index in [1.807, 2.05) is 0 Å². The number of oxazole rings is 1. The fourth-order valence-electron chi connectivity index (χ4n) is 1.89. The lowest BCUT2D eigenvalue weighted by Gasteiger charge is -2.11. The van der Waals surface area contributed by atoms with Crippen LogP contribution in [0.1, 0.15) is 18.0 Å². The number of amides is 1. The summed E-state index contributed by atoms with van der Waals surface area (Å²) in [5.74, 6) is 1.71. The van der Waals surface area contributed by atoms with Gasteiger partial charge in [-0.3, -0.25) is 4.79 Å². The Kier molecular flexibility index (Phi) is 4.81. The molecular formula is C15H18N2O4. The normalized spacial score (nSPS) is 10.2. The lowest BCUT2D eigenvalue weighted by molar-refractivity contribution is -0.116. The average molecular weight is 290 g/mol. The smallest absolute Gasteiger partial charge is 0.224 e. The molecule has 0 aliphatic carbocycles. The predicted octanol–water partition coefficient (Wildman–Crippen LogP) is 2.57. The minimum atomic E-state index is -0.123. The van der Waals surface area contributed by atoms with E-state index in [0.717, 1.165) is 5.69 Å². The highest BCUT2D eigenvalue weighted by atomic mass is 16.5. The van der Waals surface area contributed by atoms with Crippen molar-refractivity contribution >= 4 is 11.6 Å². The first kappa shape index (κ1) is 14.9. The molecule has 112 valence electrons. The molecule has 1 aromatic heterocycles. The fraction of sp³-hybridized carbons (Fsp3) is 0.333. The van der Waals surface area contributed by atoms with E-state index in [2.05, 4.69) is 10.3 Å². The first-order chi connectivity index (χ1) is 10.1. The first-order valence-corrected chi connectivity index (χ1v) is 6.55. The van der Waals surface area contributed by atoms with Crippen LogP contribution in [0, 0.1) is 6.92 Å². The number of anilines is 1. The second-order valence-corrected chi connectivity index (χ2v) is 4.47. The van der Waals surface area contributed by atoms with Crippen molar-refractivity contribution in [1.29, 1.82) is 0 Å². The van der Waals surface area contributed by atoms with Crippen molar-refractivity contribution in [2.24, 2.45) is 0 Å². The van der Waals surface area contributed by atoms with Gasteiger partial charge in [-0.15, -0.1) is 0 Å². The largest absolute Gasteiger partial charge is 0.497 e. The Morgan fingerprint density at radius 3 is 2.76 bits per heavy atom. The lowest BCUT2D eigenvalue weighted by Crippen LogP contribution is -2.13. The molecule has 0 spiro atoms. The molecule has 2 rings (SSSR count). The quantitative estimate of drug-likeness (QED) is 0.885. The van der Waals surface area contributed by atoms with Gasteiger partial charge in [-0.1, -0.05) is 0 Å². The maximum atomic E-state index is 12.0. The molecule has 0 saturated carbocycles. The Morgan fingerprint density at radius 1 is 1.33 bits per heavy atom.